The van der Waals surface area contributed by atoms with Gasteiger partial charge in [-0.3, -0.25) is 0 Å². The van der Waals surface area contributed by atoms with Gasteiger partial charge in [-0.1, -0.05) is 29.8 Å². The summed E-state index contributed by atoms with van der Waals surface area (Å²) in [6, 6.07) is 8.74. The van der Waals surface area contributed by atoms with E-state index < -0.39 is 21.7 Å². The largest absolute Gasteiger partial charge is 0.242 e. The van der Waals surface area contributed by atoms with Gasteiger partial charge in [0, 0.05) is 12.1 Å². The van der Waals surface area contributed by atoms with Gasteiger partial charge in [-0.2, -0.15) is 0 Å². The van der Waals surface area contributed by atoms with Crippen LogP contribution in [0, 0.1) is 11.6 Å². The molecule has 20 heavy (non-hydrogen) atoms. The summed E-state index contributed by atoms with van der Waals surface area (Å²) < 4.78 is 52.5. The second-order valence-corrected chi connectivity index (χ2v) is 6.13. The topological polar surface area (TPSA) is 46.2 Å². The second kappa shape index (κ2) is 5.87. The molecule has 0 saturated carbocycles. The molecule has 7 heteroatoms. The monoisotopic (exact) mass is 317 g/mol. The Hall–Kier alpha value is -1.50. The minimum absolute atomic E-state index is 0.203. The van der Waals surface area contributed by atoms with Crippen LogP contribution in [0.2, 0.25) is 5.02 Å². The van der Waals surface area contributed by atoms with E-state index in [2.05, 4.69) is 4.72 Å². The van der Waals surface area contributed by atoms with E-state index in [1.165, 1.54) is 18.2 Å². The highest BCUT2D eigenvalue weighted by Crippen LogP contribution is 2.22. The normalized spacial score (nSPS) is 11.6. The van der Waals surface area contributed by atoms with E-state index >= 15 is 0 Å². The molecule has 2 rings (SSSR count). The van der Waals surface area contributed by atoms with Crippen LogP contribution in [0.25, 0.3) is 0 Å². The highest BCUT2D eigenvalue weighted by atomic mass is 35.5. The quantitative estimate of drug-likeness (QED) is 0.942. The lowest BCUT2D eigenvalue weighted by Crippen LogP contribution is -2.24. The summed E-state index contributed by atoms with van der Waals surface area (Å²) in [6.07, 6.45) is 0. The number of hydrogen-bond donors (Lipinski definition) is 1. The van der Waals surface area contributed by atoms with Crippen LogP contribution in [0.1, 0.15) is 5.56 Å². The van der Waals surface area contributed by atoms with Crippen molar-refractivity contribution >= 4 is 21.6 Å². The van der Waals surface area contributed by atoms with E-state index in [4.69, 9.17) is 11.6 Å². The first-order valence-electron chi connectivity index (χ1n) is 5.58. The van der Waals surface area contributed by atoms with Crippen LogP contribution in [0.3, 0.4) is 0 Å². The third-order valence-corrected chi connectivity index (χ3v) is 4.48. The Morgan fingerprint density at radius 1 is 1.10 bits per heavy atom. The minimum atomic E-state index is -3.94. The SMILES string of the molecule is O=S(=O)(NCc1ccccc1F)c1ccc(F)cc1Cl. The van der Waals surface area contributed by atoms with E-state index in [1.807, 2.05) is 0 Å². The summed E-state index contributed by atoms with van der Waals surface area (Å²) in [5.74, 6) is -1.15. The summed E-state index contributed by atoms with van der Waals surface area (Å²) in [7, 11) is -3.94. The molecule has 0 radical (unpaired) electrons. The van der Waals surface area contributed by atoms with Crippen molar-refractivity contribution in [3.8, 4) is 0 Å². The Kier molecular flexibility index (Phi) is 4.37. The van der Waals surface area contributed by atoms with Crippen molar-refractivity contribution in [1.82, 2.24) is 4.72 Å². The van der Waals surface area contributed by atoms with Gasteiger partial charge < -0.3 is 0 Å². The molecule has 0 bridgehead atoms. The van der Waals surface area contributed by atoms with Gasteiger partial charge in [-0.15, -0.1) is 0 Å². The Bertz CT molecular complexity index is 735. The fraction of sp³-hybridized carbons (Fsp3) is 0.0769. The molecular weight excluding hydrogens is 308 g/mol. The smallest absolute Gasteiger partial charge is 0.207 e. The molecule has 0 aliphatic heterocycles. The lowest BCUT2D eigenvalue weighted by atomic mass is 10.2. The van der Waals surface area contributed by atoms with Gasteiger partial charge in [0.1, 0.15) is 16.5 Å². The molecule has 0 aliphatic carbocycles. The van der Waals surface area contributed by atoms with Crippen LogP contribution in [0.15, 0.2) is 47.4 Å². The Morgan fingerprint density at radius 2 is 1.80 bits per heavy atom. The van der Waals surface area contributed by atoms with Crippen molar-refractivity contribution in [1.29, 1.82) is 0 Å². The van der Waals surface area contributed by atoms with Crippen molar-refractivity contribution in [2.24, 2.45) is 0 Å². The number of hydrogen-bond acceptors (Lipinski definition) is 2. The number of sulfonamides is 1. The molecule has 1 N–H and O–H groups in total. The molecule has 0 spiro atoms. The zero-order valence-corrected chi connectivity index (χ0v) is 11.7. The van der Waals surface area contributed by atoms with Crippen molar-refractivity contribution in [2.75, 3.05) is 0 Å². The minimum Gasteiger partial charge on any atom is -0.207 e. The maximum Gasteiger partial charge on any atom is 0.242 e. The molecule has 0 amide bonds. The molecule has 0 aliphatic rings. The number of nitrogens with one attached hydrogen (secondary N) is 1. The van der Waals surface area contributed by atoms with Crippen LogP contribution in [0.4, 0.5) is 8.78 Å². The standard InChI is InChI=1S/C13H10ClF2NO2S/c14-11-7-10(15)5-6-13(11)20(18,19)17-8-9-3-1-2-4-12(9)16/h1-7,17H,8H2. The van der Waals surface area contributed by atoms with Gasteiger partial charge >= 0.3 is 0 Å². The predicted octanol–water partition coefficient (Wildman–Crippen LogP) is 3.10. The third kappa shape index (κ3) is 3.33. The number of rotatable bonds is 4. The molecule has 0 unspecified atom stereocenters. The maximum atomic E-state index is 13.4. The molecule has 3 nitrogen and oxygen atoms in total. The van der Waals surface area contributed by atoms with E-state index in [0.717, 1.165) is 18.2 Å². The fourth-order valence-electron chi connectivity index (χ4n) is 1.59. The molecular formula is C13H10ClF2NO2S. The molecule has 0 saturated heterocycles. The second-order valence-electron chi connectivity index (χ2n) is 3.99. The summed E-state index contributed by atoms with van der Waals surface area (Å²) in [6.45, 7) is -0.220. The Balaban J connectivity index is 2.22. The van der Waals surface area contributed by atoms with E-state index in [-0.39, 0.29) is 22.0 Å². The van der Waals surface area contributed by atoms with Crippen LogP contribution < -0.4 is 4.72 Å². The first kappa shape index (κ1) is 14.9. The van der Waals surface area contributed by atoms with Crippen molar-refractivity contribution in [3.05, 3.63) is 64.7 Å². The third-order valence-electron chi connectivity index (χ3n) is 2.59. The average molecular weight is 318 g/mol. The highest BCUT2D eigenvalue weighted by Gasteiger charge is 2.18. The van der Waals surface area contributed by atoms with Crippen LogP contribution in [-0.4, -0.2) is 8.42 Å². The van der Waals surface area contributed by atoms with E-state index in [0.29, 0.717) is 0 Å². The lowest BCUT2D eigenvalue weighted by Gasteiger charge is -2.09. The maximum absolute atomic E-state index is 13.4. The summed E-state index contributed by atoms with van der Waals surface area (Å²) in [5, 5.41) is -0.231. The molecule has 0 aromatic heterocycles. The number of benzene rings is 2. The van der Waals surface area contributed by atoms with Crippen LogP contribution >= 0.6 is 11.6 Å². The molecule has 2 aromatic rings. The van der Waals surface area contributed by atoms with Gasteiger partial charge in [0.15, 0.2) is 0 Å². The van der Waals surface area contributed by atoms with Gasteiger partial charge in [0.25, 0.3) is 0 Å². The summed E-state index contributed by atoms with van der Waals surface area (Å²) in [5.41, 5.74) is 0.203. The Morgan fingerprint density at radius 3 is 2.45 bits per heavy atom. The van der Waals surface area contributed by atoms with E-state index in [1.54, 1.807) is 6.07 Å². The van der Waals surface area contributed by atoms with Gasteiger partial charge in [0.2, 0.25) is 10.0 Å². The first-order valence-corrected chi connectivity index (χ1v) is 7.44. The van der Waals surface area contributed by atoms with Crippen molar-refractivity contribution < 1.29 is 17.2 Å². The van der Waals surface area contributed by atoms with Gasteiger partial charge in [0.05, 0.1) is 5.02 Å². The van der Waals surface area contributed by atoms with Gasteiger partial charge in [-0.05, 0) is 24.3 Å². The average Bonchev–Trinajstić information content (AvgIpc) is 2.37. The van der Waals surface area contributed by atoms with Crippen LogP contribution in [0.5, 0.6) is 0 Å². The van der Waals surface area contributed by atoms with Crippen molar-refractivity contribution in [3.63, 3.8) is 0 Å². The fourth-order valence-corrected chi connectivity index (χ4v) is 3.12. The molecule has 0 atom stereocenters. The first-order chi connectivity index (χ1) is 9.40. The zero-order valence-electron chi connectivity index (χ0n) is 10.1. The summed E-state index contributed by atoms with van der Waals surface area (Å²) in [4.78, 5) is -0.253. The lowest BCUT2D eigenvalue weighted by molar-refractivity contribution is 0.574. The van der Waals surface area contributed by atoms with Gasteiger partial charge in [-0.25, -0.2) is 21.9 Å². The molecule has 0 fully saturated rings. The number of halogens is 3. The zero-order chi connectivity index (χ0) is 14.8. The predicted molar refractivity (Wildman–Crippen MR) is 71.8 cm³/mol. The Labute approximate surface area is 120 Å². The molecule has 0 heterocycles. The molecule has 106 valence electrons. The van der Waals surface area contributed by atoms with Crippen LogP contribution in [-0.2, 0) is 16.6 Å². The summed E-state index contributed by atoms with van der Waals surface area (Å²) >= 11 is 5.69. The highest BCUT2D eigenvalue weighted by molar-refractivity contribution is 7.89. The van der Waals surface area contributed by atoms with Crippen molar-refractivity contribution in [2.45, 2.75) is 11.4 Å². The molecule has 2 aromatic carbocycles. The van der Waals surface area contributed by atoms with E-state index in [9.17, 15) is 17.2 Å².